The number of sulfonamides is 1. The van der Waals surface area contributed by atoms with Gasteiger partial charge in [-0.2, -0.15) is 0 Å². The number of rotatable bonds is 4. The smallest absolute Gasteiger partial charge is 0.298 e. The Kier molecular flexibility index (Phi) is 3.97. The second-order valence-electron chi connectivity index (χ2n) is 5.22. The molecule has 0 fully saturated rings. The van der Waals surface area contributed by atoms with Crippen LogP contribution in [0.2, 0.25) is 0 Å². The van der Waals surface area contributed by atoms with E-state index in [0.717, 1.165) is 6.07 Å². The van der Waals surface area contributed by atoms with Gasteiger partial charge in [0.25, 0.3) is 21.6 Å². The maximum Gasteiger partial charge on any atom is 0.298 e. The number of nitrogens with zero attached hydrogens (tertiary/aromatic N) is 3. The molecular weight excluding hydrogens is 348 g/mol. The van der Waals surface area contributed by atoms with Gasteiger partial charge < -0.3 is 4.57 Å². The number of carbonyl (C=O) groups excluding carboxylic acids is 1. The van der Waals surface area contributed by atoms with Crippen LogP contribution in [0.25, 0.3) is 11.0 Å². The number of aromatic nitrogens is 2. The molecule has 0 saturated carbocycles. The zero-order valence-electron chi connectivity index (χ0n) is 12.9. The molecule has 3 aromatic rings. The minimum absolute atomic E-state index is 0.0702. The van der Waals surface area contributed by atoms with Crippen molar-refractivity contribution in [3.05, 3.63) is 64.5 Å². The van der Waals surface area contributed by atoms with Gasteiger partial charge in [-0.3, -0.25) is 14.9 Å². The summed E-state index contributed by atoms with van der Waals surface area (Å²) in [5.41, 5.74) is 0.0374. The van der Waals surface area contributed by atoms with Crippen molar-refractivity contribution < 1.29 is 18.1 Å². The summed E-state index contributed by atoms with van der Waals surface area (Å²) >= 11 is 0. The van der Waals surface area contributed by atoms with Crippen LogP contribution in [-0.4, -0.2) is 28.8 Å². The van der Waals surface area contributed by atoms with Gasteiger partial charge in [0.2, 0.25) is 0 Å². The van der Waals surface area contributed by atoms with E-state index < -0.39 is 26.5 Å². The lowest BCUT2D eigenvalue weighted by Crippen LogP contribution is -2.30. The third-order valence-corrected chi connectivity index (χ3v) is 4.86. The first kappa shape index (κ1) is 16.6. The lowest BCUT2D eigenvalue weighted by atomic mass is 10.2. The number of fused-ring (bicyclic) bond motifs is 1. The van der Waals surface area contributed by atoms with E-state index in [-0.39, 0.29) is 21.5 Å². The first-order valence-corrected chi connectivity index (χ1v) is 8.49. The summed E-state index contributed by atoms with van der Waals surface area (Å²) in [5.74, 6) is -0.826. The lowest BCUT2D eigenvalue weighted by Gasteiger charge is -2.08. The van der Waals surface area contributed by atoms with Crippen LogP contribution < -0.4 is 4.72 Å². The molecule has 25 heavy (non-hydrogen) atoms. The molecule has 9 nitrogen and oxygen atoms in total. The van der Waals surface area contributed by atoms with Gasteiger partial charge in [-0.05, 0) is 18.2 Å². The van der Waals surface area contributed by atoms with Crippen LogP contribution in [0.4, 0.5) is 5.69 Å². The molecule has 3 rings (SSSR count). The van der Waals surface area contributed by atoms with E-state index in [9.17, 15) is 23.3 Å². The van der Waals surface area contributed by atoms with E-state index in [1.54, 1.807) is 25.2 Å². The Morgan fingerprint density at radius 2 is 1.92 bits per heavy atom. The Morgan fingerprint density at radius 3 is 2.56 bits per heavy atom. The second kappa shape index (κ2) is 5.98. The van der Waals surface area contributed by atoms with Crippen molar-refractivity contribution in [2.75, 3.05) is 0 Å². The normalized spacial score (nSPS) is 11.4. The van der Waals surface area contributed by atoms with Crippen molar-refractivity contribution in [2.45, 2.75) is 4.90 Å². The van der Waals surface area contributed by atoms with Gasteiger partial charge in [0, 0.05) is 18.7 Å². The van der Waals surface area contributed by atoms with Gasteiger partial charge >= 0.3 is 0 Å². The predicted molar refractivity (Wildman–Crippen MR) is 88.5 cm³/mol. The Balaban J connectivity index is 2.07. The first-order chi connectivity index (χ1) is 11.8. The molecule has 0 aliphatic carbocycles. The van der Waals surface area contributed by atoms with Crippen molar-refractivity contribution in [1.82, 2.24) is 14.3 Å². The monoisotopic (exact) mass is 360 g/mol. The van der Waals surface area contributed by atoms with Crippen LogP contribution in [0, 0.1) is 10.1 Å². The first-order valence-electron chi connectivity index (χ1n) is 7.01. The third-order valence-electron chi connectivity index (χ3n) is 3.55. The van der Waals surface area contributed by atoms with Crippen molar-refractivity contribution in [3.63, 3.8) is 0 Å². The minimum Gasteiger partial charge on any atom is -0.333 e. The molecule has 2 aromatic carbocycles. The molecule has 0 spiro atoms. The van der Waals surface area contributed by atoms with Crippen LogP contribution in [0.3, 0.4) is 0 Å². The van der Waals surface area contributed by atoms with E-state index in [1.807, 2.05) is 4.72 Å². The quantitative estimate of drug-likeness (QED) is 0.556. The Hall–Kier alpha value is -3.27. The van der Waals surface area contributed by atoms with Gasteiger partial charge in [0.15, 0.2) is 5.52 Å². The molecule has 10 heteroatoms. The standard InChI is InChI=1S/C15H12N4O5S/c1-18-9-16-14-12(18)7-11(8-13(14)19(21)22)25(23,24)17-15(20)10-5-3-2-4-6-10/h2-9H,1H3,(H,17,20). The molecule has 0 aliphatic heterocycles. The fourth-order valence-corrected chi connectivity index (χ4v) is 3.32. The summed E-state index contributed by atoms with van der Waals surface area (Å²) < 4.78 is 28.3. The van der Waals surface area contributed by atoms with Gasteiger partial charge in [0.05, 0.1) is 21.7 Å². The third kappa shape index (κ3) is 3.06. The lowest BCUT2D eigenvalue weighted by molar-refractivity contribution is -0.383. The molecule has 0 saturated heterocycles. The molecule has 1 amide bonds. The van der Waals surface area contributed by atoms with E-state index in [4.69, 9.17) is 0 Å². The summed E-state index contributed by atoms with van der Waals surface area (Å²) in [6.07, 6.45) is 1.34. The van der Waals surface area contributed by atoms with Crippen LogP contribution in [0.15, 0.2) is 53.7 Å². The number of amides is 1. The number of non-ortho nitro benzene ring substituents is 1. The zero-order chi connectivity index (χ0) is 18.2. The summed E-state index contributed by atoms with van der Waals surface area (Å²) in [7, 11) is -2.71. The average molecular weight is 360 g/mol. The number of carbonyl (C=O) groups is 1. The second-order valence-corrected chi connectivity index (χ2v) is 6.91. The number of hydrogen-bond donors (Lipinski definition) is 1. The Labute approximate surface area is 142 Å². The van der Waals surface area contributed by atoms with Gasteiger partial charge in [-0.15, -0.1) is 0 Å². The van der Waals surface area contributed by atoms with E-state index in [2.05, 4.69) is 4.98 Å². The van der Waals surface area contributed by atoms with Crippen LogP contribution in [0.5, 0.6) is 0 Å². The fraction of sp³-hybridized carbons (Fsp3) is 0.0667. The highest BCUT2D eigenvalue weighted by Gasteiger charge is 2.25. The van der Waals surface area contributed by atoms with E-state index >= 15 is 0 Å². The summed E-state index contributed by atoms with van der Waals surface area (Å²) in [4.78, 5) is 26.1. The van der Waals surface area contributed by atoms with Gasteiger partial charge in [-0.1, -0.05) is 18.2 Å². The minimum atomic E-state index is -4.29. The highest BCUT2D eigenvalue weighted by atomic mass is 32.2. The summed E-state index contributed by atoms with van der Waals surface area (Å²) in [5, 5.41) is 11.2. The molecule has 0 unspecified atom stereocenters. The summed E-state index contributed by atoms with van der Waals surface area (Å²) in [6.45, 7) is 0. The molecule has 0 bridgehead atoms. The topological polar surface area (TPSA) is 124 Å². The summed E-state index contributed by atoms with van der Waals surface area (Å²) in [6, 6.07) is 9.90. The molecule has 0 radical (unpaired) electrons. The molecule has 1 heterocycles. The van der Waals surface area contributed by atoms with Crippen molar-refractivity contribution >= 4 is 32.7 Å². The SMILES string of the molecule is Cn1cnc2c([N+](=O)[O-])cc(S(=O)(=O)NC(=O)c3ccccc3)cc21. The Morgan fingerprint density at radius 1 is 1.24 bits per heavy atom. The maximum atomic E-state index is 12.5. The number of nitro benzene ring substituents is 1. The van der Waals surface area contributed by atoms with Gasteiger partial charge in [-0.25, -0.2) is 18.1 Å². The maximum absolute atomic E-state index is 12.5. The number of nitro groups is 1. The molecule has 1 N–H and O–H groups in total. The number of imidazole rings is 1. The number of nitrogens with one attached hydrogen (secondary N) is 1. The van der Waals surface area contributed by atoms with Crippen molar-refractivity contribution in [2.24, 2.45) is 7.05 Å². The highest BCUT2D eigenvalue weighted by Crippen LogP contribution is 2.28. The zero-order valence-corrected chi connectivity index (χ0v) is 13.7. The highest BCUT2D eigenvalue weighted by molar-refractivity contribution is 7.90. The van der Waals surface area contributed by atoms with E-state index in [0.29, 0.717) is 0 Å². The molecule has 0 aliphatic rings. The Bertz CT molecular complexity index is 1090. The van der Waals surface area contributed by atoms with Crippen LogP contribution >= 0.6 is 0 Å². The van der Waals surface area contributed by atoms with Crippen LogP contribution in [0.1, 0.15) is 10.4 Å². The van der Waals surface area contributed by atoms with Crippen molar-refractivity contribution in [1.29, 1.82) is 0 Å². The van der Waals surface area contributed by atoms with Gasteiger partial charge in [0.1, 0.15) is 0 Å². The average Bonchev–Trinajstić information content (AvgIpc) is 2.95. The molecular formula is C15H12N4O5S. The van der Waals surface area contributed by atoms with Crippen molar-refractivity contribution in [3.8, 4) is 0 Å². The fourth-order valence-electron chi connectivity index (χ4n) is 2.31. The molecule has 128 valence electrons. The molecule has 1 aromatic heterocycles. The number of benzene rings is 2. The van der Waals surface area contributed by atoms with E-state index in [1.165, 1.54) is 29.1 Å². The molecule has 0 atom stereocenters. The predicted octanol–water partition coefficient (Wildman–Crippen LogP) is 1.60. The number of aryl methyl sites for hydroxylation is 1. The number of hydrogen-bond acceptors (Lipinski definition) is 6. The van der Waals surface area contributed by atoms with Crippen LogP contribution in [-0.2, 0) is 17.1 Å². The largest absolute Gasteiger partial charge is 0.333 e.